The van der Waals surface area contributed by atoms with E-state index in [1.807, 2.05) is 6.07 Å². The van der Waals surface area contributed by atoms with Crippen LogP contribution in [0.15, 0.2) is 34.8 Å². The largest absolute Gasteiger partial charge is 0.508 e. The maximum absolute atomic E-state index is 12.7. The highest BCUT2D eigenvalue weighted by atomic mass is 79.9. The van der Waals surface area contributed by atoms with Crippen LogP contribution in [0.2, 0.25) is 0 Å². The number of aryl methyl sites for hydroxylation is 1. The molecule has 0 spiro atoms. The van der Waals surface area contributed by atoms with E-state index >= 15 is 0 Å². The van der Waals surface area contributed by atoms with Crippen molar-refractivity contribution >= 4 is 27.5 Å². The van der Waals surface area contributed by atoms with E-state index in [0.29, 0.717) is 28.1 Å². The zero-order chi connectivity index (χ0) is 17.3. The van der Waals surface area contributed by atoms with Gasteiger partial charge in [-0.15, -0.1) is 0 Å². The summed E-state index contributed by atoms with van der Waals surface area (Å²) in [5, 5.41) is 13.0. The second kappa shape index (κ2) is 6.73. The monoisotopic (exact) mass is 391 g/mol. The molecule has 2 N–H and O–H groups in total. The summed E-state index contributed by atoms with van der Waals surface area (Å²) in [5.41, 5.74) is 2.34. The molecule has 3 rings (SSSR count). The number of methoxy groups -OCH3 is 2. The Hall–Kier alpha value is -2.21. The van der Waals surface area contributed by atoms with E-state index in [-0.39, 0.29) is 17.6 Å². The fourth-order valence-corrected chi connectivity index (χ4v) is 3.65. The summed E-state index contributed by atoms with van der Waals surface area (Å²) in [4.78, 5) is 12.7. The van der Waals surface area contributed by atoms with E-state index in [9.17, 15) is 9.90 Å². The number of hydrogen-bond donors (Lipinski definition) is 2. The Labute approximate surface area is 148 Å². The fraction of sp³-hybridized carbons (Fsp3) is 0.278. The number of aromatic hydroxyl groups is 1. The zero-order valence-corrected chi connectivity index (χ0v) is 15.0. The van der Waals surface area contributed by atoms with Crippen LogP contribution in [0.5, 0.6) is 17.2 Å². The van der Waals surface area contributed by atoms with Crippen molar-refractivity contribution < 1.29 is 19.4 Å². The SMILES string of the molecule is COc1cc(NC(=O)C2CCc3cccc(O)c32)cc(OC)c1Br. The predicted octanol–water partition coefficient (Wildman–Crippen LogP) is 3.84. The van der Waals surface area contributed by atoms with E-state index in [1.54, 1.807) is 38.5 Å². The van der Waals surface area contributed by atoms with Crippen LogP contribution >= 0.6 is 15.9 Å². The molecule has 1 atom stereocenters. The van der Waals surface area contributed by atoms with Gasteiger partial charge in [0.05, 0.1) is 20.1 Å². The molecule has 0 saturated heterocycles. The molecule has 24 heavy (non-hydrogen) atoms. The lowest BCUT2D eigenvalue weighted by atomic mass is 9.99. The molecule has 1 aliphatic carbocycles. The van der Waals surface area contributed by atoms with Gasteiger partial charge in [0, 0.05) is 23.4 Å². The van der Waals surface area contributed by atoms with Crippen molar-refractivity contribution in [3.63, 3.8) is 0 Å². The van der Waals surface area contributed by atoms with Crippen molar-refractivity contribution in [2.45, 2.75) is 18.8 Å². The summed E-state index contributed by atoms with van der Waals surface area (Å²) in [6, 6.07) is 8.83. The average molecular weight is 392 g/mol. The maximum atomic E-state index is 12.7. The average Bonchev–Trinajstić information content (AvgIpc) is 3.01. The van der Waals surface area contributed by atoms with Crippen molar-refractivity contribution in [3.8, 4) is 17.2 Å². The van der Waals surface area contributed by atoms with Crippen molar-refractivity contribution in [1.29, 1.82) is 0 Å². The van der Waals surface area contributed by atoms with Gasteiger partial charge in [0.15, 0.2) is 0 Å². The minimum absolute atomic E-state index is 0.151. The first-order valence-electron chi connectivity index (χ1n) is 7.58. The number of benzene rings is 2. The van der Waals surface area contributed by atoms with Crippen LogP contribution in [0.1, 0.15) is 23.5 Å². The second-order valence-electron chi connectivity index (χ2n) is 5.63. The molecule has 0 heterocycles. The predicted molar refractivity (Wildman–Crippen MR) is 95.0 cm³/mol. The first-order valence-corrected chi connectivity index (χ1v) is 8.37. The summed E-state index contributed by atoms with van der Waals surface area (Å²) in [7, 11) is 3.10. The Morgan fingerprint density at radius 1 is 1.25 bits per heavy atom. The van der Waals surface area contributed by atoms with Crippen LogP contribution in [0.4, 0.5) is 5.69 Å². The molecule has 0 bridgehead atoms. The number of fused-ring (bicyclic) bond motifs is 1. The van der Waals surface area contributed by atoms with E-state index in [1.165, 1.54) is 0 Å². The molecular formula is C18H18BrNO4. The van der Waals surface area contributed by atoms with Gasteiger partial charge in [-0.3, -0.25) is 4.79 Å². The number of rotatable bonds is 4. The number of nitrogens with one attached hydrogen (secondary N) is 1. The van der Waals surface area contributed by atoms with E-state index in [0.717, 1.165) is 17.5 Å². The zero-order valence-electron chi connectivity index (χ0n) is 13.4. The molecule has 1 unspecified atom stereocenters. The highest BCUT2D eigenvalue weighted by Crippen LogP contribution is 2.41. The first kappa shape index (κ1) is 16.6. The number of halogens is 1. The molecule has 2 aromatic rings. The first-order chi connectivity index (χ1) is 11.5. The number of ether oxygens (including phenoxy) is 2. The molecule has 6 heteroatoms. The minimum atomic E-state index is -0.359. The summed E-state index contributed by atoms with van der Waals surface area (Å²) in [5.74, 6) is 0.804. The van der Waals surface area contributed by atoms with Crippen molar-refractivity contribution in [1.82, 2.24) is 0 Å². The molecule has 5 nitrogen and oxygen atoms in total. The van der Waals surface area contributed by atoms with Gasteiger partial charge in [0.2, 0.25) is 5.91 Å². The van der Waals surface area contributed by atoms with Crippen LogP contribution in [-0.4, -0.2) is 25.2 Å². The number of hydrogen-bond acceptors (Lipinski definition) is 4. The standard InChI is InChI=1S/C18H18BrNO4/c1-23-14-8-11(9-15(24-2)17(14)19)20-18(22)12-7-6-10-4-3-5-13(21)16(10)12/h3-5,8-9,12,21H,6-7H2,1-2H3,(H,20,22). The Balaban J connectivity index is 1.87. The van der Waals surface area contributed by atoms with Crippen LogP contribution in [0.3, 0.4) is 0 Å². The van der Waals surface area contributed by atoms with Gasteiger partial charge < -0.3 is 19.9 Å². The molecule has 0 aliphatic heterocycles. The molecule has 0 fully saturated rings. The van der Waals surface area contributed by atoms with E-state index in [4.69, 9.17) is 9.47 Å². The molecule has 2 aromatic carbocycles. The minimum Gasteiger partial charge on any atom is -0.508 e. The van der Waals surface area contributed by atoms with Gasteiger partial charge >= 0.3 is 0 Å². The lowest BCUT2D eigenvalue weighted by Crippen LogP contribution is -2.19. The van der Waals surface area contributed by atoms with Crippen LogP contribution in [0.25, 0.3) is 0 Å². The van der Waals surface area contributed by atoms with E-state index < -0.39 is 0 Å². The quantitative estimate of drug-likeness (QED) is 0.830. The summed E-state index contributed by atoms with van der Waals surface area (Å²) in [6.45, 7) is 0. The molecule has 1 amide bonds. The molecule has 0 aromatic heterocycles. The lowest BCUT2D eigenvalue weighted by molar-refractivity contribution is -0.117. The highest BCUT2D eigenvalue weighted by Gasteiger charge is 2.31. The van der Waals surface area contributed by atoms with Gasteiger partial charge in [0.1, 0.15) is 21.7 Å². The maximum Gasteiger partial charge on any atom is 0.232 e. The smallest absolute Gasteiger partial charge is 0.232 e. The molecule has 0 radical (unpaired) electrons. The molecule has 0 saturated carbocycles. The lowest BCUT2D eigenvalue weighted by Gasteiger charge is -2.16. The van der Waals surface area contributed by atoms with Crippen LogP contribution in [-0.2, 0) is 11.2 Å². The molecular weight excluding hydrogens is 374 g/mol. The number of carbonyl (C=O) groups is 1. The highest BCUT2D eigenvalue weighted by molar-refractivity contribution is 9.10. The summed E-state index contributed by atoms with van der Waals surface area (Å²) >= 11 is 3.40. The Morgan fingerprint density at radius 2 is 1.92 bits per heavy atom. The van der Waals surface area contributed by atoms with Gasteiger partial charge in [-0.1, -0.05) is 12.1 Å². The van der Waals surface area contributed by atoms with Crippen LogP contribution in [0, 0.1) is 0 Å². The summed E-state index contributed by atoms with van der Waals surface area (Å²) in [6.07, 6.45) is 1.47. The van der Waals surface area contributed by atoms with Gasteiger partial charge in [-0.25, -0.2) is 0 Å². The Morgan fingerprint density at radius 3 is 2.54 bits per heavy atom. The number of phenolic OH excluding ortho intramolecular Hbond substituents is 1. The summed E-state index contributed by atoms with van der Waals surface area (Å²) < 4.78 is 11.3. The molecule has 1 aliphatic rings. The van der Waals surface area contributed by atoms with Crippen molar-refractivity contribution in [2.75, 3.05) is 19.5 Å². The van der Waals surface area contributed by atoms with Crippen molar-refractivity contribution in [2.24, 2.45) is 0 Å². The van der Waals surface area contributed by atoms with Gasteiger partial charge in [-0.05, 0) is 40.4 Å². The van der Waals surface area contributed by atoms with Crippen molar-refractivity contribution in [3.05, 3.63) is 45.9 Å². The number of anilines is 1. The number of phenols is 1. The third kappa shape index (κ3) is 2.94. The fourth-order valence-electron chi connectivity index (χ4n) is 3.10. The Kier molecular flexibility index (Phi) is 4.66. The Bertz CT molecular complexity index is 766. The van der Waals surface area contributed by atoms with Crippen LogP contribution < -0.4 is 14.8 Å². The number of amides is 1. The second-order valence-corrected chi connectivity index (χ2v) is 6.42. The number of carbonyl (C=O) groups excluding carboxylic acids is 1. The van der Waals surface area contributed by atoms with E-state index in [2.05, 4.69) is 21.2 Å². The molecule has 126 valence electrons. The third-order valence-electron chi connectivity index (χ3n) is 4.25. The topological polar surface area (TPSA) is 67.8 Å². The normalized spacial score (nSPS) is 15.7. The third-order valence-corrected chi connectivity index (χ3v) is 5.04. The van der Waals surface area contributed by atoms with Gasteiger partial charge in [0.25, 0.3) is 0 Å². The van der Waals surface area contributed by atoms with Gasteiger partial charge in [-0.2, -0.15) is 0 Å².